The van der Waals surface area contributed by atoms with Gasteiger partial charge in [0.2, 0.25) is 0 Å². The van der Waals surface area contributed by atoms with Gasteiger partial charge in [0, 0.05) is 26.3 Å². The van der Waals surface area contributed by atoms with Crippen molar-refractivity contribution in [2.75, 3.05) is 32.9 Å². The standard InChI is InChI=1S/C11H23N3O2.HI/c1-2-13-11(12)14-6-4-7-15-9-10-5-3-8-16-10;/h10H,2-9H2,1H3,(H3,12,13,14);1H. The summed E-state index contributed by atoms with van der Waals surface area (Å²) in [6.45, 7) is 5.84. The third-order valence-corrected chi connectivity index (χ3v) is 2.41. The van der Waals surface area contributed by atoms with Crippen LogP contribution in [0.5, 0.6) is 0 Å². The highest BCUT2D eigenvalue weighted by atomic mass is 127. The minimum absolute atomic E-state index is 0. The van der Waals surface area contributed by atoms with Crippen molar-refractivity contribution in [3.05, 3.63) is 0 Å². The summed E-state index contributed by atoms with van der Waals surface area (Å²) >= 11 is 0. The van der Waals surface area contributed by atoms with Gasteiger partial charge in [-0.15, -0.1) is 24.0 Å². The highest BCUT2D eigenvalue weighted by Crippen LogP contribution is 2.11. The molecule has 0 aromatic rings. The number of halogens is 1. The molecule has 0 aromatic heterocycles. The Labute approximate surface area is 121 Å². The van der Waals surface area contributed by atoms with E-state index in [9.17, 15) is 0 Å². The van der Waals surface area contributed by atoms with Crippen LogP contribution in [0.2, 0.25) is 0 Å². The van der Waals surface area contributed by atoms with Gasteiger partial charge in [-0.3, -0.25) is 4.99 Å². The first-order chi connectivity index (χ1) is 7.83. The summed E-state index contributed by atoms with van der Waals surface area (Å²) in [7, 11) is 0. The fraction of sp³-hybridized carbons (Fsp3) is 0.909. The first-order valence-corrected chi connectivity index (χ1v) is 6.06. The lowest BCUT2D eigenvalue weighted by Gasteiger charge is -2.09. The minimum atomic E-state index is 0. The zero-order valence-corrected chi connectivity index (χ0v) is 12.8. The lowest BCUT2D eigenvalue weighted by atomic mass is 10.2. The Morgan fingerprint density at radius 2 is 2.41 bits per heavy atom. The van der Waals surface area contributed by atoms with Crippen LogP contribution in [-0.4, -0.2) is 45.0 Å². The van der Waals surface area contributed by atoms with Crippen LogP contribution in [0.1, 0.15) is 26.2 Å². The Bertz CT molecular complexity index is 209. The van der Waals surface area contributed by atoms with Crippen LogP contribution in [0.25, 0.3) is 0 Å². The van der Waals surface area contributed by atoms with Crippen molar-refractivity contribution in [2.24, 2.45) is 10.7 Å². The lowest BCUT2D eigenvalue weighted by molar-refractivity contribution is 0.0171. The molecular formula is C11H24IN3O2. The molecule has 0 aromatic carbocycles. The predicted molar refractivity (Wildman–Crippen MR) is 80.0 cm³/mol. The van der Waals surface area contributed by atoms with E-state index in [2.05, 4.69) is 10.3 Å². The van der Waals surface area contributed by atoms with Gasteiger partial charge < -0.3 is 20.5 Å². The first kappa shape index (κ1) is 16.9. The highest BCUT2D eigenvalue weighted by Gasteiger charge is 2.14. The number of nitrogens with zero attached hydrogens (tertiary/aromatic N) is 1. The number of nitrogens with two attached hydrogens (primary N) is 1. The molecule has 0 bridgehead atoms. The summed E-state index contributed by atoms with van der Waals surface area (Å²) in [5.74, 6) is 0.515. The highest BCUT2D eigenvalue weighted by molar-refractivity contribution is 14.0. The van der Waals surface area contributed by atoms with Crippen molar-refractivity contribution in [1.29, 1.82) is 0 Å². The van der Waals surface area contributed by atoms with E-state index >= 15 is 0 Å². The molecule has 17 heavy (non-hydrogen) atoms. The van der Waals surface area contributed by atoms with Gasteiger partial charge >= 0.3 is 0 Å². The van der Waals surface area contributed by atoms with Crippen molar-refractivity contribution < 1.29 is 9.47 Å². The Morgan fingerprint density at radius 1 is 1.59 bits per heavy atom. The summed E-state index contributed by atoms with van der Waals surface area (Å²) in [5, 5.41) is 2.95. The van der Waals surface area contributed by atoms with E-state index in [4.69, 9.17) is 15.2 Å². The quantitative estimate of drug-likeness (QED) is 0.310. The maximum Gasteiger partial charge on any atom is 0.188 e. The second-order valence-corrected chi connectivity index (χ2v) is 3.86. The molecule has 1 aliphatic rings. The molecule has 5 nitrogen and oxygen atoms in total. The van der Waals surface area contributed by atoms with Crippen LogP contribution >= 0.6 is 24.0 Å². The van der Waals surface area contributed by atoms with Crippen LogP contribution in [-0.2, 0) is 9.47 Å². The molecule has 0 spiro atoms. The number of nitrogens with one attached hydrogen (secondary N) is 1. The van der Waals surface area contributed by atoms with E-state index in [1.165, 1.54) is 0 Å². The van der Waals surface area contributed by atoms with Crippen LogP contribution in [0, 0.1) is 0 Å². The van der Waals surface area contributed by atoms with Crippen molar-refractivity contribution >= 4 is 29.9 Å². The zero-order valence-electron chi connectivity index (χ0n) is 10.5. The van der Waals surface area contributed by atoms with Gasteiger partial charge in [-0.1, -0.05) is 0 Å². The molecule has 0 saturated carbocycles. The van der Waals surface area contributed by atoms with Gasteiger partial charge in [0.1, 0.15) is 0 Å². The number of rotatable bonds is 7. The average Bonchev–Trinajstić information content (AvgIpc) is 2.76. The fourth-order valence-electron chi connectivity index (χ4n) is 1.59. The van der Waals surface area contributed by atoms with E-state index in [0.29, 0.717) is 25.2 Å². The Morgan fingerprint density at radius 3 is 3.06 bits per heavy atom. The van der Waals surface area contributed by atoms with Crippen LogP contribution in [0.15, 0.2) is 4.99 Å². The maximum absolute atomic E-state index is 5.58. The summed E-state index contributed by atoms with van der Waals surface area (Å²) in [5.41, 5.74) is 5.58. The summed E-state index contributed by atoms with van der Waals surface area (Å²) < 4.78 is 11.0. The molecular weight excluding hydrogens is 333 g/mol. The van der Waals surface area contributed by atoms with E-state index in [0.717, 1.165) is 39.0 Å². The zero-order chi connectivity index (χ0) is 11.6. The predicted octanol–water partition coefficient (Wildman–Crippen LogP) is 1.11. The van der Waals surface area contributed by atoms with Crippen LogP contribution in [0.4, 0.5) is 0 Å². The van der Waals surface area contributed by atoms with Crippen molar-refractivity contribution in [3.8, 4) is 0 Å². The molecule has 102 valence electrons. The monoisotopic (exact) mass is 357 g/mol. The van der Waals surface area contributed by atoms with E-state index in [1.807, 2.05) is 6.92 Å². The van der Waals surface area contributed by atoms with Gasteiger partial charge in [-0.2, -0.15) is 0 Å². The fourth-order valence-corrected chi connectivity index (χ4v) is 1.59. The number of hydrogen-bond donors (Lipinski definition) is 2. The van der Waals surface area contributed by atoms with Gasteiger partial charge in [0.05, 0.1) is 12.7 Å². The van der Waals surface area contributed by atoms with E-state index in [1.54, 1.807) is 0 Å². The summed E-state index contributed by atoms with van der Waals surface area (Å²) in [6, 6.07) is 0. The molecule has 3 N–H and O–H groups in total. The van der Waals surface area contributed by atoms with Crippen molar-refractivity contribution in [3.63, 3.8) is 0 Å². The van der Waals surface area contributed by atoms with Gasteiger partial charge in [-0.05, 0) is 26.2 Å². The smallest absolute Gasteiger partial charge is 0.188 e. The average molecular weight is 357 g/mol. The van der Waals surface area contributed by atoms with Gasteiger partial charge in [0.25, 0.3) is 0 Å². The largest absolute Gasteiger partial charge is 0.379 e. The van der Waals surface area contributed by atoms with E-state index in [-0.39, 0.29) is 24.0 Å². The molecule has 6 heteroatoms. The Hall–Kier alpha value is -0.0800. The number of hydrogen-bond acceptors (Lipinski definition) is 3. The Balaban J connectivity index is 0.00000256. The minimum Gasteiger partial charge on any atom is -0.379 e. The van der Waals surface area contributed by atoms with Crippen LogP contribution in [0.3, 0.4) is 0 Å². The summed E-state index contributed by atoms with van der Waals surface area (Å²) in [4.78, 5) is 4.16. The molecule has 1 atom stereocenters. The molecule has 1 heterocycles. The molecule has 0 aliphatic carbocycles. The molecule has 1 fully saturated rings. The van der Waals surface area contributed by atoms with E-state index < -0.39 is 0 Å². The number of aliphatic imine (C=N–C) groups is 1. The molecule has 1 rings (SSSR count). The van der Waals surface area contributed by atoms with Gasteiger partial charge in [-0.25, -0.2) is 0 Å². The molecule has 0 radical (unpaired) electrons. The lowest BCUT2D eigenvalue weighted by Crippen LogP contribution is -2.31. The first-order valence-electron chi connectivity index (χ1n) is 6.06. The third-order valence-electron chi connectivity index (χ3n) is 2.41. The summed E-state index contributed by atoms with van der Waals surface area (Å²) in [6.07, 6.45) is 3.51. The molecule has 1 aliphatic heterocycles. The molecule has 0 amide bonds. The van der Waals surface area contributed by atoms with Gasteiger partial charge in [0.15, 0.2) is 5.96 Å². The normalized spacial score (nSPS) is 20.1. The maximum atomic E-state index is 5.58. The second-order valence-electron chi connectivity index (χ2n) is 3.86. The molecule has 1 saturated heterocycles. The van der Waals surface area contributed by atoms with Crippen molar-refractivity contribution in [1.82, 2.24) is 5.32 Å². The third kappa shape index (κ3) is 8.62. The Kier molecular flexibility index (Phi) is 11.0. The number of guanidine groups is 1. The van der Waals surface area contributed by atoms with Crippen molar-refractivity contribution in [2.45, 2.75) is 32.3 Å². The molecule has 1 unspecified atom stereocenters. The topological polar surface area (TPSA) is 68.9 Å². The number of ether oxygens (including phenoxy) is 2. The second kappa shape index (κ2) is 11.0. The SMILES string of the molecule is CCNC(N)=NCCCOCC1CCCO1.I. The van der Waals surface area contributed by atoms with Crippen LogP contribution < -0.4 is 11.1 Å².